The number of allylic oxidation sites excluding steroid dienone is 1. The Morgan fingerprint density at radius 1 is 1.07 bits per heavy atom. The van der Waals surface area contributed by atoms with Crippen molar-refractivity contribution in [3.63, 3.8) is 0 Å². The number of hydrogen-bond acceptors (Lipinski definition) is 7. The van der Waals surface area contributed by atoms with E-state index in [1.165, 1.54) is 20.3 Å². The van der Waals surface area contributed by atoms with E-state index in [1.807, 2.05) is 0 Å². The molecule has 7 heteroatoms. The molecule has 0 aromatic heterocycles. The topological polar surface area (TPSA) is 94.5 Å². The number of benzene rings is 2. The summed E-state index contributed by atoms with van der Waals surface area (Å²) in [6.45, 7) is 0.0233. The van der Waals surface area contributed by atoms with Crippen molar-refractivity contribution in [1.29, 1.82) is 0 Å². The number of aliphatic hydroxyl groups excluding tert-OH is 1. The minimum Gasteiger partial charge on any atom is -0.493 e. The van der Waals surface area contributed by atoms with E-state index in [1.54, 1.807) is 42.5 Å². The lowest BCUT2D eigenvalue weighted by atomic mass is 9.99. The van der Waals surface area contributed by atoms with Crippen LogP contribution in [-0.2, 0) is 22.7 Å². The van der Waals surface area contributed by atoms with Crippen molar-refractivity contribution in [2.45, 2.75) is 13.0 Å². The zero-order valence-corrected chi connectivity index (χ0v) is 15.9. The number of hydrogen-bond donors (Lipinski definition) is 2. The molecule has 2 aromatic rings. The quantitative estimate of drug-likeness (QED) is 0.201. The molecule has 28 heavy (non-hydrogen) atoms. The highest BCUT2D eigenvalue weighted by Crippen LogP contribution is 2.28. The Morgan fingerprint density at radius 2 is 1.89 bits per heavy atom. The summed E-state index contributed by atoms with van der Waals surface area (Å²) in [6.07, 6.45) is 3.57. The highest BCUT2D eigenvalue weighted by Gasteiger charge is 2.09. The summed E-state index contributed by atoms with van der Waals surface area (Å²) in [5.41, 5.74) is 2.67. The van der Waals surface area contributed by atoms with Gasteiger partial charge in [0.25, 0.3) is 0 Å². The molecule has 7 nitrogen and oxygen atoms in total. The highest BCUT2D eigenvalue weighted by atomic mass is 17.1. The fourth-order valence-corrected chi connectivity index (χ4v) is 2.62. The monoisotopic (exact) mass is 388 g/mol. The molecule has 0 aliphatic carbocycles. The SMILES string of the molecule is COCOc1ccc(C=CC(=O)c2ccc(CCOO)c(CO)c2)cc1OC. The van der Waals surface area contributed by atoms with Crippen LogP contribution in [0.5, 0.6) is 11.5 Å². The van der Waals surface area contributed by atoms with Crippen molar-refractivity contribution in [3.8, 4) is 11.5 Å². The lowest BCUT2D eigenvalue weighted by molar-refractivity contribution is -0.241. The first-order valence-electron chi connectivity index (χ1n) is 8.64. The molecule has 0 fully saturated rings. The van der Waals surface area contributed by atoms with Gasteiger partial charge < -0.3 is 19.3 Å². The molecule has 0 spiro atoms. The molecule has 0 aliphatic rings. The van der Waals surface area contributed by atoms with Gasteiger partial charge in [-0.05, 0) is 47.4 Å². The second-order valence-electron chi connectivity index (χ2n) is 5.88. The fraction of sp³-hybridized carbons (Fsp3) is 0.286. The van der Waals surface area contributed by atoms with E-state index < -0.39 is 0 Å². The second-order valence-corrected chi connectivity index (χ2v) is 5.88. The number of ketones is 1. The summed E-state index contributed by atoms with van der Waals surface area (Å²) >= 11 is 0. The van der Waals surface area contributed by atoms with Crippen LogP contribution in [0.15, 0.2) is 42.5 Å². The van der Waals surface area contributed by atoms with Gasteiger partial charge in [0.2, 0.25) is 0 Å². The van der Waals surface area contributed by atoms with Crippen LogP contribution in [0.4, 0.5) is 0 Å². The number of carbonyl (C=O) groups excluding carboxylic acids is 1. The van der Waals surface area contributed by atoms with Gasteiger partial charge in [0.1, 0.15) is 0 Å². The van der Waals surface area contributed by atoms with E-state index in [0.29, 0.717) is 29.0 Å². The van der Waals surface area contributed by atoms with E-state index in [2.05, 4.69) is 4.89 Å². The molecule has 0 amide bonds. The van der Waals surface area contributed by atoms with Crippen LogP contribution in [-0.4, -0.2) is 43.8 Å². The molecule has 0 aliphatic heterocycles. The lowest BCUT2D eigenvalue weighted by Crippen LogP contribution is -2.03. The summed E-state index contributed by atoms with van der Waals surface area (Å²) in [4.78, 5) is 16.5. The summed E-state index contributed by atoms with van der Waals surface area (Å²) in [7, 11) is 3.07. The number of methoxy groups -OCH3 is 2. The van der Waals surface area contributed by atoms with Gasteiger partial charge in [0.05, 0.1) is 20.3 Å². The van der Waals surface area contributed by atoms with E-state index in [0.717, 1.165) is 11.1 Å². The maximum absolute atomic E-state index is 12.5. The minimum atomic E-state index is -0.203. The van der Waals surface area contributed by atoms with Crippen LogP contribution < -0.4 is 9.47 Å². The van der Waals surface area contributed by atoms with Gasteiger partial charge in [-0.1, -0.05) is 24.3 Å². The van der Waals surface area contributed by atoms with Crippen molar-refractivity contribution in [1.82, 2.24) is 0 Å². The van der Waals surface area contributed by atoms with Crippen LogP contribution in [0.25, 0.3) is 6.08 Å². The van der Waals surface area contributed by atoms with Gasteiger partial charge in [-0.15, -0.1) is 0 Å². The molecule has 0 saturated carbocycles. The molecule has 2 aromatic carbocycles. The Kier molecular flexibility index (Phi) is 8.64. The van der Waals surface area contributed by atoms with Crippen LogP contribution in [0.3, 0.4) is 0 Å². The minimum absolute atomic E-state index is 0.109. The van der Waals surface area contributed by atoms with E-state index >= 15 is 0 Å². The fourth-order valence-electron chi connectivity index (χ4n) is 2.62. The van der Waals surface area contributed by atoms with Crippen LogP contribution in [0, 0.1) is 0 Å². The van der Waals surface area contributed by atoms with Crippen LogP contribution in [0.1, 0.15) is 27.0 Å². The molecule has 2 rings (SSSR count). The van der Waals surface area contributed by atoms with E-state index in [-0.39, 0.29) is 25.8 Å². The molecule has 0 heterocycles. The summed E-state index contributed by atoms with van der Waals surface area (Å²) in [5, 5.41) is 18.0. The summed E-state index contributed by atoms with van der Waals surface area (Å²) < 4.78 is 15.6. The second kappa shape index (κ2) is 11.2. The predicted molar refractivity (Wildman–Crippen MR) is 104 cm³/mol. The van der Waals surface area contributed by atoms with Gasteiger partial charge in [0, 0.05) is 12.7 Å². The largest absolute Gasteiger partial charge is 0.493 e. The number of carbonyl (C=O) groups is 1. The Balaban J connectivity index is 2.14. The van der Waals surface area contributed by atoms with Gasteiger partial charge >= 0.3 is 0 Å². The maximum Gasteiger partial charge on any atom is 0.188 e. The Hall–Kier alpha value is -2.71. The first kappa shape index (κ1) is 21.6. The number of ether oxygens (including phenoxy) is 3. The van der Waals surface area contributed by atoms with Crippen molar-refractivity contribution in [2.24, 2.45) is 0 Å². The first-order valence-corrected chi connectivity index (χ1v) is 8.64. The zero-order valence-electron chi connectivity index (χ0n) is 15.9. The average molecular weight is 388 g/mol. The number of rotatable bonds is 11. The number of aliphatic hydroxyl groups is 1. The van der Waals surface area contributed by atoms with Gasteiger partial charge in [-0.2, -0.15) is 0 Å². The Labute approximate surface area is 163 Å². The first-order chi connectivity index (χ1) is 13.6. The molecule has 0 saturated heterocycles. The summed E-state index contributed by atoms with van der Waals surface area (Å²) in [5.74, 6) is 0.880. The van der Waals surface area contributed by atoms with E-state index in [4.69, 9.17) is 19.5 Å². The third kappa shape index (κ3) is 5.90. The zero-order chi connectivity index (χ0) is 20.4. The highest BCUT2D eigenvalue weighted by molar-refractivity contribution is 6.07. The van der Waals surface area contributed by atoms with Gasteiger partial charge in [-0.3, -0.25) is 10.1 Å². The normalized spacial score (nSPS) is 11.0. The molecular formula is C21H24O7. The molecular weight excluding hydrogens is 364 g/mol. The Bertz CT molecular complexity index is 814. The van der Waals surface area contributed by atoms with Crippen molar-refractivity contribution < 1.29 is 34.3 Å². The van der Waals surface area contributed by atoms with Crippen molar-refractivity contribution in [2.75, 3.05) is 27.6 Å². The molecule has 0 radical (unpaired) electrons. The third-order valence-electron chi connectivity index (χ3n) is 4.07. The average Bonchev–Trinajstić information content (AvgIpc) is 2.74. The lowest BCUT2D eigenvalue weighted by Gasteiger charge is -2.10. The van der Waals surface area contributed by atoms with Crippen molar-refractivity contribution >= 4 is 11.9 Å². The van der Waals surface area contributed by atoms with E-state index in [9.17, 15) is 9.90 Å². The molecule has 0 bridgehead atoms. The smallest absolute Gasteiger partial charge is 0.188 e. The summed E-state index contributed by atoms with van der Waals surface area (Å²) in [6, 6.07) is 10.4. The van der Waals surface area contributed by atoms with Crippen LogP contribution in [0.2, 0.25) is 0 Å². The third-order valence-corrected chi connectivity index (χ3v) is 4.07. The molecule has 150 valence electrons. The molecule has 2 N–H and O–H groups in total. The van der Waals surface area contributed by atoms with Crippen LogP contribution >= 0.6 is 0 Å². The van der Waals surface area contributed by atoms with Crippen molar-refractivity contribution in [3.05, 3.63) is 64.7 Å². The predicted octanol–water partition coefficient (Wildman–Crippen LogP) is 3.10. The maximum atomic E-state index is 12.5. The molecule has 0 unspecified atom stereocenters. The Morgan fingerprint density at radius 3 is 2.57 bits per heavy atom. The van der Waals surface area contributed by atoms with Gasteiger partial charge in [0.15, 0.2) is 24.1 Å². The van der Waals surface area contributed by atoms with Gasteiger partial charge in [-0.25, -0.2) is 4.89 Å². The standard InChI is InChI=1S/C21H24O7/c1-25-14-27-20-8-4-15(11-21(20)26-2)3-7-19(23)17-6-5-16(9-10-28-24)18(12-17)13-22/h3-8,11-12,22,24H,9-10,13-14H2,1-2H3. The molecule has 0 atom stereocenters.